The number of aromatic nitrogens is 2. The van der Waals surface area contributed by atoms with E-state index in [4.69, 9.17) is 5.84 Å². The maximum absolute atomic E-state index is 5.45. The minimum Gasteiger partial charge on any atom is -0.359 e. The molecule has 0 spiro atoms. The fourth-order valence-electron chi connectivity index (χ4n) is 2.09. The lowest BCUT2D eigenvalue weighted by Crippen LogP contribution is -2.21. The summed E-state index contributed by atoms with van der Waals surface area (Å²) in [5, 5.41) is 1.11. The van der Waals surface area contributed by atoms with E-state index in [9.17, 15) is 0 Å². The van der Waals surface area contributed by atoms with Gasteiger partial charge < -0.3 is 4.90 Å². The highest BCUT2D eigenvalue weighted by Gasteiger charge is 2.13. The van der Waals surface area contributed by atoms with Crippen LogP contribution < -0.4 is 16.2 Å². The first-order chi connectivity index (χ1) is 9.15. The average molecular weight is 279 g/mol. The molecule has 19 heavy (non-hydrogen) atoms. The summed E-state index contributed by atoms with van der Waals surface area (Å²) in [6, 6.07) is 2.14. The highest BCUT2D eigenvalue weighted by molar-refractivity contribution is 7.18. The number of hydrazine groups is 1. The van der Waals surface area contributed by atoms with E-state index in [0.29, 0.717) is 5.95 Å². The van der Waals surface area contributed by atoms with E-state index in [1.54, 1.807) is 11.3 Å². The summed E-state index contributed by atoms with van der Waals surface area (Å²) in [6.07, 6.45) is 3.64. The second-order valence-electron chi connectivity index (χ2n) is 4.72. The topological polar surface area (TPSA) is 67.1 Å². The van der Waals surface area contributed by atoms with Crippen LogP contribution in [0.4, 0.5) is 11.8 Å². The van der Waals surface area contributed by atoms with Crippen LogP contribution >= 0.6 is 11.3 Å². The van der Waals surface area contributed by atoms with E-state index in [1.165, 1.54) is 24.1 Å². The Kier molecular flexibility index (Phi) is 4.55. The van der Waals surface area contributed by atoms with Crippen molar-refractivity contribution < 1.29 is 0 Å². The van der Waals surface area contributed by atoms with Gasteiger partial charge in [0.25, 0.3) is 0 Å². The zero-order valence-corrected chi connectivity index (χ0v) is 12.5. The van der Waals surface area contributed by atoms with Crippen LogP contribution in [0.5, 0.6) is 0 Å². The van der Waals surface area contributed by atoms with E-state index in [0.717, 1.165) is 22.6 Å². The Morgan fingerprint density at radius 3 is 2.84 bits per heavy atom. The van der Waals surface area contributed by atoms with Crippen molar-refractivity contribution in [2.45, 2.75) is 33.1 Å². The number of nitrogens with one attached hydrogen (secondary N) is 1. The second-order valence-corrected chi connectivity index (χ2v) is 5.95. The number of aryl methyl sites for hydroxylation is 1. The van der Waals surface area contributed by atoms with E-state index < -0.39 is 0 Å². The van der Waals surface area contributed by atoms with Crippen LogP contribution in [0.15, 0.2) is 6.07 Å². The van der Waals surface area contributed by atoms with Crippen LogP contribution in [0.2, 0.25) is 0 Å². The molecule has 0 atom stereocenters. The number of hydrogen-bond donors (Lipinski definition) is 2. The SMILES string of the molecule is CCCCCN(C)c1nc(NN)nc2sc(C)cc12. The number of hydrogen-bond acceptors (Lipinski definition) is 6. The molecule has 0 amide bonds. The minimum atomic E-state index is 0.478. The zero-order valence-electron chi connectivity index (χ0n) is 11.7. The van der Waals surface area contributed by atoms with Gasteiger partial charge in [-0.2, -0.15) is 4.98 Å². The molecule has 104 valence electrons. The molecule has 5 nitrogen and oxygen atoms in total. The summed E-state index contributed by atoms with van der Waals surface area (Å²) in [5.74, 6) is 6.88. The number of nitrogens with two attached hydrogens (primary N) is 1. The van der Waals surface area contributed by atoms with Crippen LogP contribution in [0, 0.1) is 6.92 Å². The van der Waals surface area contributed by atoms with E-state index >= 15 is 0 Å². The largest absolute Gasteiger partial charge is 0.359 e. The molecule has 0 aliphatic heterocycles. The molecule has 0 bridgehead atoms. The molecule has 0 aliphatic carbocycles. The van der Waals surface area contributed by atoms with Gasteiger partial charge in [0.2, 0.25) is 5.95 Å². The Bertz CT molecular complexity index is 551. The fourth-order valence-corrected chi connectivity index (χ4v) is 2.96. The van der Waals surface area contributed by atoms with Gasteiger partial charge in [-0.15, -0.1) is 11.3 Å². The third-order valence-corrected chi connectivity index (χ3v) is 4.03. The summed E-state index contributed by atoms with van der Waals surface area (Å²) in [7, 11) is 2.07. The number of anilines is 2. The van der Waals surface area contributed by atoms with Crippen molar-refractivity contribution in [3.05, 3.63) is 10.9 Å². The second kappa shape index (κ2) is 6.16. The summed E-state index contributed by atoms with van der Waals surface area (Å²) < 4.78 is 0. The first-order valence-corrected chi connectivity index (χ1v) is 7.43. The molecule has 3 N–H and O–H groups in total. The Morgan fingerprint density at radius 1 is 1.37 bits per heavy atom. The number of nitrogen functional groups attached to an aromatic ring is 1. The molecule has 0 aliphatic rings. The van der Waals surface area contributed by atoms with Crippen molar-refractivity contribution >= 4 is 33.3 Å². The molecule has 2 rings (SSSR count). The predicted octanol–water partition coefficient (Wildman–Crippen LogP) is 2.91. The van der Waals surface area contributed by atoms with E-state index in [-0.39, 0.29) is 0 Å². The van der Waals surface area contributed by atoms with E-state index in [1.807, 2.05) is 0 Å². The molecule has 0 aromatic carbocycles. The van der Waals surface area contributed by atoms with E-state index in [2.05, 4.69) is 47.3 Å². The summed E-state index contributed by atoms with van der Waals surface area (Å²) in [6.45, 7) is 5.29. The van der Waals surface area contributed by atoms with Crippen molar-refractivity contribution in [3.8, 4) is 0 Å². The third-order valence-electron chi connectivity index (χ3n) is 3.08. The first kappa shape index (κ1) is 14.0. The van der Waals surface area contributed by atoms with Crippen molar-refractivity contribution in [1.29, 1.82) is 0 Å². The lowest BCUT2D eigenvalue weighted by atomic mass is 10.2. The monoisotopic (exact) mass is 279 g/mol. The fraction of sp³-hybridized carbons (Fsp3) is 0.538. The van der Waals surface area contributed by atoms with Crippen molar-refractivity contribution in [2.75, 3.05) is 23.9 Å². The van der Waals surface area contributed by atoms with Crippen LogP contribution in [-0.2, 0) is 0 Å². The van der Waals surface area contributed by atoms with Crippen LogP contribution in [0.25, 0.3) is 10.2 Å². The Labute approximate surface area is 117 Å². The first-order valence-electron chi connectivity index (χ1n) is 6.61. The number of fused-ring (bicyclic) bond motifs is 1. The maximum Gasteiger partial charge on any atom is 0.240 e. The lowest BCUT2D eigenvalue weighted by molar-refractivity contribution is 0.702. The molecule has 0 saturated carbocycles. The van der Waals surface area contributed by atoms with Crippen molar-refractivity contribution in [2.24, 2.45) is 5.84 Å². The summed E-state index contributed by atoms with van der Waals surface area (Å²) in [5.41, 5.74) is 2.55. The van der Waals surface area contributed by atoms with Crippen LogP contribution in [0.3, 0.4) is 0 Å². The number of rotatable bonds is 6. The smallest absolute Gasteiger partial charge is 0.240 e. The standard InChI is InChI=1S/C13H21N5S/c1-4-5-6-7-18(3)11-10-8-9(2)19-12(10)16-13(15-11)17-14/h8H,4-7,14H2,1-3H3,(H,15,16,17). The molecule has 0 radical (unpaired) electrons. The lowest BCUT2D eigenvalue weighted by Gasteiger charge is -2.19. The molecule has 0 fully saturated rings. The predicted molar refractivity (Wildman–Crippen MR) is 82.8 cm³/mol. The number of nitrogens with zero attached hydrogens (tertiary/aromatic N) is 3. The highest BCUT2D eigenvalue weighted by Crippen LogP contribution is 2.31. The Morgan fingerprint density at radius 2 is 2.16 bits per heavy atom. The minimum absolute atomic E-state index is 0.478. The normalized spacial score (nSPS) is 10.9. The summed E-state index contributed by atoms with van der Waals surface area (Å²) in [4.78, 5) is 13.3. The molecular formula is C13H21N5S. The molecule has 2 aromatic heterocycles. The van der Waals surface area contributed by atoms with Crippen LogP contribution in [-0.4, -0.2) is 23.6 Å². The van der Waals surface area contributed by atoms with Gasteiger partial charge in [-0.1, -0.05) is 19.8 Å². The Balaban J connectivity index is 2.33. The molecule has 0 unspecified atom stereocenters. The van der Waals surface area contributed by atoms with Gasteiger partial charge in [-0.3, -0.25) is 5.43 Å². The van der Waals surface area contributed by atoms with Gasteiger partial charge in [-0.25, -0.2) is 10.8 Å². The van der Waals surface area contributed by atoms with Gasteiger partial charge in [0.05, 0.1) is 5.39 Å². The average Bonchev–Trinajstić information content (AvgIpc) is 2.77. The quantitative estimate of drug-likeness (QED) is 0.483. The number of unbranched alkanes of at least 4 members (excludes halogenated alkanes) is 2. The highest BCUT2D eigenvalue weighted by atomic mass is 32.1. The van der Waals surface area contributed by atoms with Crippen molar-refractivity contribution in [3.63, 3.8) is 0 Å². The Hall–Kier alpha value is -1.40. The van der Waals surface area contributed by atoms with Gasteiger partial charge in [0.1, 0.15) is 10.6 Å². The molecule has 0 saturated heterocycles. The molecule has 6 heteroatoms. The van der Waals surface area contributed by atoms with Gasteiger partial charge in [-0.05, 0) is 19.4 Å². The third kappa shape index (κ3) is 3.13. The summed E-state index contributed by atoms with van der Waals surface area (Å²) >= 11 is 1.67. The molecular weight excluding hydrogens is 258 g/mol. The molecule has 2 heterocycles. The molecule has 2 aromatic rings. The number of thiophene rings is 1. The van der Waals surface area contributed by atoms with Gasteiger partial charge in [0.15, 0.2) is 0 Å². The van der Waals surface area contributed by atoms with Gasteiger partial charge >= 0.3 is 0 Å². The maximum atomic E-state index is 5.45. The van der Waals surface area contributed by atoms with Crippen molar-refractivity contribution in [1.82, 2.24) is 9.97 Å². The van der Waals surface area contributed by atoms with Crippen LogP contribution in [0.1, 0.15) is 31.1 Å². The van der Waals surface area contributed by atoms with Gasteiger partial charge in [0, 0.05) is 18.5 Å². The zero-order chi connectivity index (χ0) is 13.8.